The van der Waals surface area contributed by atoms with Crippen LogP contribution in [0.1, 0.15) is 43.0 Å². The summed E-state index contributed by atoms with van der Waals surface area (Å²) >= 11 is 0. The Kier molecular flexibility index (Phi) is 5.60. The van der Waals surface area contributed by atoms with Crippen LogP contribution in [0.25, 0.3) is 0 Å². The number of carbonyl (C=O) groups is 1. The molecule has 0 bridgehead atoms. The molecule has 25 heavy (non-hydrogen) atoms. The van der Waals surface area contributed by atoms with E-state index in [1.165, 1.54) is 0 Å². The molecule has 0 radical (unpaired) electrons. The number of nitrogens with zero attached hydrogens (tertiary/aromatic N) is 2. The van der Waals surface area contributed by atoms with E-state index in [0.29, 0.717) is 19.4 Å². The molecule has 1 fully saturated rings. The van der Waals surface area contributed by atoms with Gasteiger partial charge < -0.3 is 0 Å². The minimum atomic E-state index is -0.163. The Morgan fingerprint density at radius 1 is 1.08 bits per heavy atom. The summed E-state index contributed by atoms with van der Waals surface area (Å²) in [6.07, 6.45) is 0.739. The highest BCUT2D eigenvalue weighted by atomic mass is 16.7. The first-order chi connectivity index (χ1) is 12.2. The second kappa shape index (κ2) is 8.06. The quantitative estimate of drug-likeness (QED) is 0.768. The Hall–Kier alpha value is -2.48. The third kappa shape index (κ3) is 3.79. The van der Waals surface area contributed by atoms with E-state index in [1.54, 1.807) is 0 Å². The van der Waals surface area contributed by atoms with Gasteiger partial charge in [-0.25, -0.2) is 0 Å². The molecule has 1 heterocycles. The van der Waals surface area contributed by atoms with Crippen LogP contribution >= 0.6 is 0 Å². The Balaban J connectivity index is 1.99. The molecule has 0 saturated carbocycles. The molecule has 0 spiro atoms. The van der Waals surface area contributed by atoms with E-state index >= 15 is 0 Å². The minimum absolute atomic E-state index is 0.145. The SMILES string of the molecule is C[C@H]1C(=O)C[C@H](c2ccccc2)N(OCCC#N)[C@@H]1c1ccccc1. The molecule has 2 aromatic rings. The van der Waals surface area contributed by atoms with Crippen molar-refractivity contribution in [3.8, 4) is 6.07 Å². The number of ketones is 1. The molecule has 0 unspecified atom stereocenters. The normalized spacial score (nSPS) is 24.0. The Morgan fingerprint density at radius 3 is 2.28 bits per heavy atom. The minimum Gasteiger partial charge on any atom is -0.299 e. The lowest BCUT2D eigenvalue weighted by Crippen LogP contribution is -2.44. The average molecular weight is 334 g/mol. The molecule has 0 N–H and O–H groups in total. The molecule has 0 aromatic heterocycles. The third-order valence-electron chi connectivity index (χ3n) is 4.74. The van der Waals surface area contributed by atoms with Crippen molar-refractivity contribution in [1.82, 2.24) is 5.06 Å². The molecular weight excluding hydrogens is 312 g/mol. The molecule has 3 rings (SSSR count). The fourth-order valence-corrected chi connectivity index (χ4v) is 3.45. The maximum Gasteiger partial charge on any atom is 0.139 e. The maximum absolute atomic E-state index is 12.7. The van der Waals surface area contributed by atoms with Crippen LogP contribution in [-0.4, -0.2) is 17.5 Å². The van der Waals surface area contributed by atoms with E-state index in [9.17, 15) is 4.79 Å². The molecule has 3 atom stereocenters. The predicted molar refractivity (Wildman–Crippen MR) is 95.2 cm³/mol. The van der Waals surface area contributed by atoms with E-state index < -0.39 is 0 Å². The van der Waals surface area contributed by atoms with Crippen molar-refractivity contribution in [2.45, 2.75) is 31.8 Å². The summed E-state index contributed by atoms with van der Waals surface area (Å²) in [5.41, 5.74) is 2.11. The molecule has 1 aliphatic rings. The van der Waals surface area contributed by atoms with E-state index in [4.69, 9.17) is 10.1 Å². The summed E-state index contributed by atoms with van der Waals surface area (Å²) in [5, 5.41) is 10.8. The van der Waals surface area contributed by atoms with Crippen LogP contribution in [0.4, 0.5) is 0 Å². The fraction of sp³-hybridized carbons (Fsp3) is 0.333. The van der Waals surface area contributed by atoms with Crippen molar-refractivity contribution in [2.24, 2.45) is 5.92 Å². The zero-order chi connectivity index (χ0) is 17.6. The van der Waals surface area contributed by atoms with Gasteiger partial charge in [0.05, 0.1) is 31.2 Å². The highest BCUT2D eigenvalue weighted by Gasteiger charge is 2.42. The predicted octanol–water partition coefficient (Wildman–Crippen LogP) is 4.23. The van der Waals surface area contributed by atoms with Crippen LogP contribution in [0.5, 0.6) is 0 Å². The lowest BCUT2D eigenvalue weighted by Gasteiger charge is -2.43. The van der Waals surface area contributed by atoms with Crippen LogP contribution in [0.15, 0.2) is 60.7 Å². The van der Waals surface area contributed by atoms with Crippen molar-refractivity contribution < 1.29 is 9.63 Å². The van der Waals surface area contributed by atoms with Crippen molar-refractivity contribution in [3.05, 3.63) is 71.8 Å². The van der Waals surface area contributed by atoms with Crippen molar-refractivity contribution in [2.75, 3.05) is 6.61 Å². The van der Waals surface area contributed by atoms with Crippen LogP contribution in [0, 0.1) is 17.2 Å². The van der Waals surface area contributed by atoms with E-state index in [0.717, 1.165) is 11.1 Å². The topological polar surface area (TPSA) is 53.3 Å². The number of piperidine rings is 1. The summed E-state index contributed by atoms with van der Waals surface area (Å²) < 4.78 is 0. The van der Waals surface area contributed by atoms with Crippen molar-refractivity contribution in [1.29, 1.82) is 5.26 Å². The molecule has 1 saturated heterocycles. The fourth-order valence-electron chi connectivity index (χ4n) is 3.45. The summed E-state index contributed by atoms with van der Waals surface area (Å²) in [6.45, 7) is 2.28. The summed E-state index contributed by atoms with van der Waals surface area (Å²) in [6, 6.07) is 21.8. The Labute approximate surface area is 148 Å². The first-order valence-electron chi connectivity index (χ1n) is 8.63. The number of hydroxylamine groups is 2. The largest absolute Gasteiger partial charge is 0.299 e. The van der Waals surface area contributed by atoms with Crippen LogP contribution in [0.2, 0.25) is 0 Å². The molecule has 128 valence electrons. The van der Waals surface area contributed by atoms with Gasteiger partial charge in [0.15, 0.2) is 0 Å². The van der Waals surface area contributed by atoms with E-state index in [-0.39, 0.29) is 23.8 Å². The van der Waals surface area contributed by atoms with Crippen LogP contribution in [-0.2, 0) is 9.63 Å². The number of Topliss-reactive ketones (excluding diaryl/α,β-unsaturated/α-hetero) is 1. The number of carbonyl (C=O) groups excluding carboxylic acids is 1. The lowest BCUT2D eigenvalue weighted by atomic mass is 9.81. The van der Waals surface area contributed by atoms with Gasteiger partial charge in [-0.15, -0.1) is 0 Å². The first kappa shape index (κ1) is 17.3. The monoisotopic (exact) mass is 334 g/mol. The van der Waals surface area contributed by atoms with Gasteiger partial charge in [-0.1, -0.05) is 67.6 Å². The van der Waals surface area contributed by atoms with Crippen molar-refractivity contribution >= 4 is 5.78 Å². The van der Waals surface area contributed by atoms with Gasteiger partial charge in [0, 0.05) is 12.3 Å². The summed E-state index contributed by atoms with van der Waals surface area (Å²) in [7, 11) is 0. The number of benzene rings is 2. The third-order valence-corrected chi connectivity index (χ3v) is 4.74. The van der Waals surface area contributed by atoms with Gasteiger partial charge in [-0.05, 0) is 11.1 Å². The van der Waals surface area contributed by atoms with Crippen LogP contribution in [0.3, 0.4) is 0 Å². The van der Waals surface area contributed by atoms with E-state index in [1.807, 2.05) is 72.7 Å². The molecule has 2 aromatic carbocycles. The van der Waals surface area contributed by atoms with Gasteiger partial charge >= 0.3 is 0 Å². The highest BCUT2D eigenvalue weighted by Crippen LogP contribution is 2.43. The second-order valence-electron chi connectivity index (χ2n) is 6.34. The Morgan fingerprint density at radius 2 is 1.68 bits per heavy atom. The number of hydrogen-bond acceptors (Lipinski definition) is 4. The number of hydrogen-bond donors (Lipinski definition) is 0. The summed E-state index contributed by atoms with van der Waals surface area (Å²) in [4.78, 5) is 18.7. The summed E-state index contributed by atoms with van der Waals surface area (Å²) in [5.74, 6) is 0.0762. The van der Waals surface area contributed by atoms with Gasteiger partial charge in [0.1, 0.15) is 5.78 Å². The standard InChI is InChI=1S/C21H22N2O2/c1-16-20(24)15-19(17-9-4-2-5-10-17)23(25-14-8-13-22)21(16)18-11-6-3-7-12-18/h2-7,9-12,16,19,21H,8,14-15H2,1H3/t16-,19+,21-/m0/s1. The molecular formula is C21H22N2O2. The Bertz CT molecular complexity index is 739. The molecule has 4 heteroatoms. The van der Waals surface area contributed by atoms with Gasteiger partial charge in [-0.3, -0.25) is 9.63 Å². The zero-order valence-corrected chi connectivity index (χ0v) is 14.3. The molecule has 0 amide bonds. The van der Waals surface area contributed by atoms with Gasteiger partial charge in [0.25, 0.3) is 0 Å². The zero-order valence-electron chi connectivity index (χ0n) is 14.3. The maximum atomic E-state index is 12.7. The number of rotatable bonds is 5. The molecule has 1 aliphatic heterocycles. The highest BCUT2D eigenvalue weighted by molar-refractivity contribution is 5.83. The lowest BCUT2D eigenvalue weighted by molar-refractivity contribution is -0.236. The molecule has 0 aliphatic carbocycles. The second-order valence-corrected chi connectivity index (χ2v) is 6.34. The first-order valence-corrected chi connectivity index (χ1v) is 8.63. The average Bonchev–Trinajstić information content (AvgIpc) is 2.66. The van der Waals surface area contributed by atoms with Gasteiger partial charge in [0.2, 0.25) is 0 Å². The number of nitriles is 1. The van der Waals surface area contributed by atoms with Gasteiger partial charge in [-0.2, -0.15) is 10.3 Å². The van der Waals surface area contributed by atoms with Crippen LogP contribution < -0.4 is 0 Å². The smallest absolute Gasteiger partial charge is 0.139 e. The van der Waals surface area contributed by atoms with Crippen molar-refractivity contribution in [3.63, 3.8) is 0 Å². The van der Waals surface area contributed by atoms with E-state index in [2.05, 4.69) is 6.07 Å². The molecule has 4 nitrogen and oxygen atoms in total.